The zero-order valence-electron chi connectivity index (χ0n) is 11.4. The van der Waals surface area contributed by atoms with Crippen LogP contribution in [0.5, 0.6) is 17.2 Å². The quantitative estimate of drug-likeness (QED) is 0.813. The lowest BCUT2D eigenvalue weighted by Gasteiger charge is -2.29. The van der Waals surface area contributed by atoms with Gasteiger partial charge in [0.25, 0.3) is 0 Å². The van der Waals surface area contributed by atoms with Crippen LogP contribution in [0, 0.1) is 0 Å². The number of hydrogen-bond acceptors (Lipinski definition) is 3. The van der Waals surface area contributed by atoms with Crippen molar-refractivity contribution in [1.29, 1.82) is 0 Å². The van der Waals surface area contributed by atoms with E-state index >= 15 is 0 Å². The van der Waals surface area contributed by atoms with E-state index in [-0.39, 0.29) is 5.60 Å². The van der Waals surface area contributed by atoms with Crippen LogP contribution in [0.25, 0.3) is 6.08 Å². The lowest BCUT2D eigenvalue weighted by Crippen LogP contribution is -2.27. The molecule has 0 aromatic heterocycles. The smallest absolute Gasteiger partial charge is 0.135 e. The van der Waals surface area contributed by atoms with Crippen LogP contribution in [0.2, 0.25) is 0 Å². The van der Waals surface area contributed by atoms with Gasteiger partial charge < -0.3 is 14.2 Å². The van der Waals surface area contributed by atoms with Crippen LogP contribution < -0.4 is 14.2 Å². The normalized spacial score (nSPS) is 15.8. The molecule has 0 fully saturated rings. The molecule has 1 aromatic rings. The van der Waals surface area contributed by atoms with Gasteiger partial charge in [-0.1, -0.05) is 6.92 Å². The highest BCUT2D eigenvalue weighted by Gasteiger charge is 2.24. The molecule has 0 saturated carbocycles. The van der Waals surface area contributed by atoms with Crippen molar-refractivity contribution in [3.63, 3.8) is 0 Å². The van der Waals surface area contributed by atoms with Gasteiger partial charge in [-0.05, 0) is 32.4 Å². The van der Waals surface area contributed by atoms with Gasteiger partial charge in [-0.2, -0.15) is 0 Å². The summed E-state index contributed by atoms with van der Waals surface area (Å²) in [6.45, 7) is 6.83. The zero-order chi connectivity index (χ0) is 13.2. The van der Waals surface area contributed by atoms with E-state index in [2.05, 4.69) is 6.92 Å². The van der Waals surface area contributed by atoms with Crippen LogP contribution in [-0.2, 0) is 0 Å². The molecule has 0 unspecified atom stereocenters. The highest BCUT2D eigenvalue weighted by atomic mass is 16.5. The molecule has 2 rings (SSSR count). The highest BCUT2D eigenvalue weighted by molar-refractivity contribution is 5.69. The van der Waals surface area contributed by atoms with Crippen LogP contribution >= 0.6 is 0 Å². The first-order valence-electron chi connectivity index (χ1n) is 6.29. The van der Waals surface area contributed by atoms with Crippen molar-refractivity contribution in [2.24, 2.45) is 0 Å². The molecule has 0 radical (unpaired) electrons. The lowest BCUT2D eigenvalue weighted by atomic mass is 10.0. The summed E-state index contributed by atoms with van der Waals surface area (Å²) in [4.78, 5) is 0. The molecule has 3 nitrogen and oxygen atoms in total. The van der Waals surface area contributed by atoms with Crippen LogP contribution in [0.3, 0.4) is 0 Å². The minimum absolute atomic E-state index is 0.290. The minimum Gasteiger partial charge on any atom is -0.496 e. The average Bonchev–Trinajstić information content (AvgIpc) is 2.33. The Morgan fingerprint density at radius 1 is 1.28 bits per heavy atom. The van der Waals surface area contributed by atoms with Gasteiger partial charge in [-0.15, -0.1) is 0 Å². The van der Waals surface area contributed by atoms with E-state index in [1.54, 1.807) is 7.11 Å². The van der Waals surface area contributed by atoms with Gasteiger partial charge >= 0.3 is 0 Å². The van der Waals surface area contributed by atoms with Crippen molar-refractivity contribution in [2.75, 3.05) is 13.7 Å². The number of hydrogen-bond donors (Lipinski definition) is 0. The number of rotatable bonds is 4. The number of benzene rings is 1. The predicted octanol–water partition coefficient (Wildman–Crippen LogP) is 3.67. The molecule has 18 heavy (non-hydrogen) atoms. The fourth-order valence-electron chi connectivity index (χ4n) is 1.90. The summed E-state index contributed by atoms with van der Waals surface area (Å²) in [6, 6.07) is 3.83. The number of methoxy groups -OCH3 is 1. The topological polar surface area (TPSA) is 27.7 Å². The molecule has 0 aliphatic carbocycles. The summed E-state index contributed by atoms with van der Waals surface area (Å²) in [7, 11) is 1.66. The third-order valence-corrected chi connectivity index (χ3v) is 2.79. The van der Waals surface area contributed by atoms with E-state index in [0.717, 1.165) is 29.2 Å². The van der Waals surface area contributed by atoms with Crippen LogP contribution in [0.1, 0.15) is 32.8 Å². The largest absolute Gasteiger partial charge is 0.496 e. The second kappa shape index (κ2) is 4.92. The molecule has 0 N–H and O–H groups in total. The van der Waals surface area contributed by atoms with Crippen molar-refractivity contribution in [1.82, 2.24) is 0 Å². The second-order valence-electron chi connectivity index (χ2n) is 4.92. The average molecular weight is 248 g/mol. The zero-order valence-corrected chi connectivity index (χ0v) is 11.4. The molecule has 0 saturated heterocycles. The highest BCUT2D eigenvalue weighted by Crippen LogP contribution is 2.40. The van der Waals surface area contributed by atoms with Crippen molar-refractivity contribution in [3.05, 3.63) is 23.8 Å². The van der Waals surface area contributed by atoms with Gasteiger partial charge in [0.1, 0.15) is 22.8 Å². The lowest BCUT2D eigenvalue weighted by molar-refractivity contribution is 0.157. The van der Waals surface area contributed by atoms with E-state index in [4.69, 9.17) is 14.2 Å². The van der Waals surface area contributed by atoms with Crippen molar-refractivity contribution in [2.45, 2.75) is 32.8 Å². The molecule has 1 aliphatic heterocycles. The summed E-state index contributed by atoms with van der Waals surface area (Å²) in [5, 5.41) is 0. The number of fused-ring (bicyclic) bond motifs is 1. The van der Waals surface area contributed by atoms with Gasteiger partial charge in [0.2, 0.25) is 0 Å². The summed E-state index contributed by atoms with van der Waals surface area (Å²) in [6.07, 6.45) is 5.05. The standard InChI is InChI=1S/C15H20O3/c1-5-8-17-11-9-13(16-4)12-6-7-15(2,3)18-14(12)10-11/h6-7,9-10H,5,8H2,1-4H3. The fourth-order valence-corrected chi connectivity index (χ4v) is 1.90. The molecule has 0 amide bonds. The van der Waals surface area contributed by atoms with Gasteiger partial charge in [0, 0.05) is 12.1 Å². The van der Waals surface area contributed by atoms with Crippen molar-refractivity contribution in [3.8, 4) is 17.2 Å². The van der Waals surface area contributed by atoms with Crippen LogP contribution in [-0.4, -0.2) is 19.3 Å². The molecule has 1 aliphatic rings. The third-order valence-electron chi connectivity index (χ3n) is 2.79. The van der Waals surface area contributed by atoms with Crippen molar-refractivity contribution < 1.29 is 14.2 Å². The summed E-state index contributed by atoms with van der Waals surface area (Å²) in [5.41, 5.74) is 0.683. The Labute approximate surface area is 108 Å². The third kappa shape index (κ3) is 2.61. The number of ether oxygens (including phenoxy) is 3. The van der Waals surface area contributed by atoms with E-state index in [9.17, 15) is 0 Å². The van der Waals surface area contributed by atoms with Crippen molar-refractivity contribution >= 4 is 6.08 Å². The first kappa shape index (κ1) is 12.8. The summed E-state index contributed by atoms with van der Waals surface area (Å²) in [5.74, 6) is 2.39. The molecular formula is C15H20O3. The fraction of sp³-hybridized carbons (Fsp3) is 0.467. The monoisotopic (exact) mass is 248 g/mol. The Kier molecular flexibility index (Phi) is 3.50. The molecule has 1 heterocycles. The predicted molar refractivity (Wildman–Crippen MR) is 72.5 cm³/mol. The van der Waals surface area contributed by atoms with Gasteiger partial charge in [0.05, 0.1) is 19.3 Å². The maximum atomic E-state index is 5.94. The van der Waals surface area contributed by atoms with E-state index < -0.39 is 0 Å². The van der Waals surface area contributed by atoms with Gasteiger partial charge in [-0.25, -0.2) is 0 Å². The molecule has 0 bridgehead atoms. The Morgan fingerprint density at radius 3 is 2.72 bits per heavy atom. The van der Waals surface area contributed by atoms with Crippen LogP contribution in [0.15, 0.2) is 18.2 Å². The van der Waals surface area contributed by atoms with E-state index in [1.807, 2.05) is 38.1 Å². The second-order valence-corrected chi connectivity index (χ2v) is 4.92. The maximum absolute atomic E-state index is 5.94. The van der Waals surface area contributed by atoms with E-state index in [1.165, 1.54) is 0 Å². The van der Waals surface area contributed by atoms with Gasteiger partial charge in [0.15, 0.2) is 0 Å². The Balaban J connectivity index is 2.38. The molecular weight excluding hydrogens is 228 g/mol. The molecule has 0 atom stereocenters. The Bertz CT molecular complexity index is 461. The first-order chi connectivity index (χ1) is 8.55. The maximum Gasteiger partial charge on any atom is 0.135 e. The molecule has 0 spiro atoms. The Morgan fingerprint density at radius 2 is 2.06 bits per heavy atom. The molecule has 1 aromatic carbocycles. The van der Waals surface area contributed by atoms with Gasteiger partial charge in [-0.3, -0.25) is 0 Å². The van der Waals surface area contributed by atoms with E-state index in [0.29, 0.717) is 6.61 Å². The summed E-state index contributed by atoms with van der Waals surface area (Å²) < 4.78 is 17.0. The SMILES string of the molecule is CCCOc1cc(OC)c2c(c1)OC(C)(C)C=C2. The Hall–Kier alpha value is -1.64. The molecule has 98 valence electrons. The first-order valence-corrected chi connectivity index (χ1v) is 6.29. The molecule has 3 heteroatoms. The summed E-state index contributed by atoms with van der Waals surface area (Å²) >= 11 is 0. The minimum atomic E-state index is -0.290. The van der Waals surface area contributed by atoms with Crippen LogP contribution in [0.4, 0.5) is 0 Å².